The molecule has 0 saturated heterocycles. The number of aromatic nitrogens is 8. The first kappa shape index (κ1) is 16.0. The molecule has 134 valence electrons. The minimum absolute atomic E-state index is 0.601. The van der Waals surface area contributed by atoms with E-state index in [-0.39, 0.29) is 0 Å². The van der Waals surface area contributed by atoms with Crippen LogP contribution in [0.5, 0.6) is 0 Å². The van der Waals surface area contributed by atoms with Gasteiger partial charge in [0.1, 0.15) is 0 Å². The number of benzene rings is 1. The predicted octanol–water partition coefficient (Wildman–Crippen LogP) is 3.38. The Bertz CT molecular complexity index is 1120. The van der Waals surface area contributed by atoms with E-state index in [1.165, 1.54) is 0 Å². The highest BCUT2D eigenvalue weighted by Gasteiger charge is 2.12. The lowest BCUT2D eigenvalue weighted by molar-refractivity contribution is 1.09. The van der Waals surface area contributed by atoms with Crippen LogP contribution in [0, 0.1) is 0 Å². The number of H-pyrrole nitrogens is 2. The molecule has 0 bridgehead atoms. The largest absolute Gasteiger partial charge is 0.264 e. The molecule has 0 radical (unpaired) electrons. The van der Waals surface area contributed by atoms with E-state index in [0.29, 0.717) is 23.3 Å². The van der Waals surface area contributed by atoms with Crippen molar-refractivity contribution in [2.24, 2.45) is 0 Å². The van der Waals surface area contributed by atoms with Crippen molar-refractivity contribution in [1.29, 1.82) is 0 Å². The highest BCUT2D eigenvalue weighted by atomic mass is 15.2. The van der Waals surface area contributed by atoms with Crippen LogP contribution in [0.1, 0.15) is 0 Å². The molecule has 5 aromatic rings. The van der Waals surface area contributed by atoms with E-state index in [0.717, 1.165) is 22.3 Å². The molecule has 28 heavy (non-hydrogen) atoms. The van der Waals surface area contributed by atoms with Crippen LogP contribution >= 0.6 is 0 Å². The van der Waals surface area contributed by atoms with E-state index in [2.05, 4.69) is 40.3 Å². The highest BCUT2D eigenvalue weighted by Crippen LogP contribution is 2.25. The summed E-state index contributed by atoms with van der Waals surface area (Å²) in [5, 5.41) is 14.6. The molecular formula is C20H14N8. The van der Waals surface area contributed by atoms with Crippen molar-refractivity contribution in [3.05, 3.63) is 73.3 Å². The molecule has 0 atom stereocenters. The van der Waals surface area contributed by atoms with Crippen LogP contribution in [0.25, 0.3) is 45.6 Å². The van der Waals surface area contributed by atoms with Crippen LogP contribution < -0.4 is 0 Å². The third-order valence-electron chi connectivity index (χ3n) is 4.22. The average Bonchev–Trinajstić information content (AvgIpc) is 3.46. The molecule has 0 aliphatic heterocycles. The number of rotatable bonds is 4. The van der Waals surface area contributed by atoms with Crippen molar-refractivity contribution in [1.82, 2.24) is 40.3 Å². The molecule has 0 aliphatic carbocycles. The number of nitrogens with one attached hydrogen (secondary N) is 2. The molecular weight excluding hydrogens is 352 g/mol. The van der Waals surface area contributed by atoms with E-state index in [1.807, 2.05) is 48.5 Å². The summed E-state index contributed by atoms with van der Waals surface area (Å²) in [7, 11) is 0. The van der Waals surface area contributed by atoms with E-state index in [1.54, 1.807) is 24.8 Å². The summed E-state index contributed by atoms with van der Waals surface area (Å²) in [6.45, 7) is 0. The number of aromatic amines is 2. The minimum atomic E-state index is 0.601. The lowest BCUT2D eigenvalue weighted by Crippen LogP contribution is -1.85. The second-order valence-electron chi connectivity index (χ2n) is 6.08. The number of hydrogen-bond acceptors (Lipinski definition) is 6. The van der Waals surface area contributed by atoms with Crippen molar-refractivity contribution in [3.8, 4) is 45.6 Å². The lowest BCUT2D eigenvalue weighted by Gasteiger charge is -1.99. The first-order valence-corrected chi connectivity index (χ1v) is 8.63. The molecule has 8 heteroatoms. The Hall–Kier alpha value is -4.20. The molecule has 0 amide bonds. The normalized spacial score (nSPS) is 10.9. The van der Waals surface area contributed by atoms with Crippen molar-refractivity contribution >= 4 is 0 Å². The second kappa shape index (κ2) is 6.84. The summed E-state index contributed by atoms with van der Waals surface area (Å²) < 4.78 is 0. The van der Waals surface area contributed by atoms with E-state index < -0.39 is 0 Å². The van der Waals surface area contributed by atoms with Crippen molar-refractivity contribution in [3.63, 3.8) is 0 Å². The molecule has 2 N–H and O–H groups in total. The fraction of sp³-hybridized carbons (Fsp3) is 0. The van der Waals surface area contributed by atoms with Gasteiger partial charge in [-0.05, 0) is 30.3 Å². The zero-order valence-corrected chi connectivity index (χ0v) is 14.6. The predicted molar refractivity (Wildman–Crippen MR) is 104 cm³/mol. The molecule has 5 rings (SSSR count). The highest BCUT2D eigenvalue weighted by molar-refractivity contribution is 5.68. The summed E-state index contributed by atoms with van der Waals surface area (Å²) in [6.07, 6.45) is 6.93. The summed E-state index contributed by atoms with van der Waals surface area (Å²) in [5.41, 5.74) is 3.51. The molecule has 4 heterocycles. The summed E-state index contributed by atoms with van der Waals surface area (Å²) in [6, 6.07) is 15.4. The number of hydrogen-bond donors (Lipinski definition) is 2. The van der Waals surface area contributed by atoms with Gasteiger partial charge >= 0.3 is 0 Å². The second-order valence-corrected chi connectivity index (χ2v) is 6.08. The molecule has 4 aromatic heterocycles. The first-order chi connectivity index (χ1) is 13.9. The van der Waals surface area contributed by atoms with Crippen LogP contribution in [0.4, 0.5) is 0 Å². The standard InChI is InChI=1S/C20H14N8/c1-4-13(17-23-19(27-25-17)15-6-2-8-21-11-15)10-14(5-1)18-24-20(28-26-18)16-7-3-9-22-12-16/h1-12H,(H,23,25,27)(H,24,26,28). The van der Waals surface area contributed by atoms with Gasteiger partial charge in [0.15, 0.2) is 23.3 Å². The summed E-state index contributed by atoms with van der Waals surface area (Å²) in [5.74, 6) is 2.54. The van der Waals surface area contributed by atoms with Gasteiger partial charge in [-0.15, -0.1) is 0 Å². The van der Waals surface area contributed by atoms with Gasteiger partial charge in [0.2, 0.25) is 0 Å². The Balaban J connectivity index is 1.46. The fourth-order valence-electron chi connectivity index (χ4n) is 2.84. The zero-order chi connectivity index (χ0) is 18.8. The van der Waals surface area contributed by atoms with E-state index in [9.17, 15) is 0 Å². The van der Waals surface area contributed by atoms with Crippen LogP contribution in [0.2, 0.25) is 0 Å². The fourth-order valence-corrected chi connectivity index (χ4v) is 2.84. The van der Waals surface area contributed by atoms with E-state index in [4.69, 9.17) is 0 Å². The maximum atomic E-state index is 4.57. The Morgan fingerprint density at radius 2 is 1.07 bits per heavy atom. The summed E-state index contributed by atoms with van der Waals surface area (Å²) in [4.78, 5) is 17.4. The first-order valence-electron chi connectivity index (χ1n) is 8.63. The van der Waals surface area contributed by atoms with Crippen molar-refractivity contribution in [2.45, 2.75) is 0 Å². The van der Waals surface area contributed by atoms with Gasteiger partial charge in [-0.25, -0.2) is 9.97 Å². The quantitative estimate of drug-likeness (QED) is 0.505. The molecule has 0 saturated carbocycles. The Morgan fingerprint density at radius 3 is 1.54 bits per heavy atom. The van der Waals surface area contributed by atoms with Crippen molar-refractivity contribution < 1.29 is 0 Å². The van der Waals surface area contributed by atoms with Crippen LogP contribution in [0.15, 0.2) is 73.3 Å². The lowest BCUT2D eigenvalue weighted by atomic mass is 10.1. The Labute approximate surface area is 159 Å². The third kappa shape index (κ3) is 3.03. The smallest absolute Gasteiger partial charge is 0.181 e. The minimum Gasteiger partial charge on any atom is -0.264 e. The Morgan fingerprint density at radius 1 is 0.571 bits per heavy atom. The van der Waals surface area contributed by atoms with E-state index >= 15 is 0 Å². The molecule has 0 spiro atoms. The molecule has 8 nitrogen and oxygen atoms in total. The average molecular weight is 366 g/mol. The molecule has 0 unspecified atom stereocenters. The van der Waals surface area contributed by atoms with Gasteiger partial charge in [-0.2, -0.15) is 10.2 Å². The zero-order valence-electron chi connectivity index (χ0n) is 14.6. The molecule has 0 fully saturated rings. The van der Waals surface area contributed by atoms with Gasteiger partial charge in [-0.1, -0.05) is 18.2 Å². The van der Waals surface area contributed by atoms with Gasteiger partial charge < -0.3 is 0 Å². The summed E-state index contributed by atoms with van der Waals surface area (Å²) >= 11 is 0. The van der Waals surface area contributed by atoms with Gasteiger partial charge in [0.25, 0.3) is 0 Å². The van der Waals surface area contributed by atoms with Gasteiger partial charge in [-0.3, -0.25) is 20.2 Å². The van der Waals surface area contributed by atoms with Crippen LogP contribution in [-0.2, 0) is 0 Å². The molecule has 1 aromatic carbocycles. The van der Waals surface area contributed by atoms with Crippen molar-refractivity contribution in [2.75, 3.05) is 0 Å². The topological polar surface area (TPSA) is 109 Å². The maximum Gasteiger partial charge on any atom is 0.181 e. The van der Waals surface area contributed by atoms with Gasteiger partial charge in [0, 0.05) is 47.0 Å². The van der Waals surface area contributed by atoms with Crippen LogP contribution in [-0.4, -0.2) is 40.3 Å². The number of pyridine rings is 2. The monoisotopic (exact) mass is 366 g/mol. The third-order valence-corrected chi connectivity index (χ3v) is 4.22. The van der Waals surface area contributed by atoms with Crippen LogP contribution in [0.3, 0.4) is 0 Å². The SMILES string of the molecule is c1cc(-c2n[nH]c(-c3cccnc3)n2)cc(-c2n[nH]c(-c3cccnc3)n2)c1. The Kier molecular flexibility index (Phi) is 3.91. The number of nitrogens with zero attached hydrogens (tertiary/aromatic N) is 6. The molecule has 0 aliphatic rings. The van der Waals surface area contributed by atoms with Gasteiger partial charge in [0.05, 0.1) is 0 Å². The maximum absolute atomic E-state index is 4.57.